The van der Waals surface area contributed by atoms with Gasteiger partial charge in [0.1, 0.15) is 23.1 Å². The highest BCUT2D eigenvalue weighted by molar-refractivity contribution is 5.31. The zero-order valence-electron chi connectivity index (χ0n) is 16.9. The molecule has 0 unspecified atom stereocenters. The van der Waals surface area contributed by atoms with Crippen LogP contribution in [-0.4, -0.2) is 52.5 Å². The molecular formula is C21H31N5O2. The monoisotopic (exact) mass is 385 g/mol. The maximum Gasteiger partial charge on any atom is 0.146 e. The van der Waals surface area contributed by atoms with Gasteiger partial charge in [-0.2, -0.15) is 0 Å². The first kappa shape index (κ1) is 19.2. The van der Waals surface area contributed by atoms with Gasteiger partial charge in [-0.25, -0.2) is 0 Å². The van der Waals surface area contributed by atoms with Crippen LogP contribution in [0.3, 0.4) is 0 Å². The van der Waals surface area contributed by atoms with Crippen LogP contribution < -0.4 is 15.2 Å². The molecule has 1 aromatic heterocycles. The summed E-state index contributed by atoms with van der Waals surface area (Å²) in [6, 6.07) is 8.14. The van der Waals surface area contributed by atoms with Crippen LogP contribution in [0.25, 0.3) is 0 Å². The average molecular weight is 386 g/mol. The number of aromatic nitrogens is 3. The molecule has 2 aromatic rings. The van der Waals surface area contributed by atoms with Crippen molar-refractivity contribution in [1.29, 1.82) is 0 Å². The zero-order chi connectivity index (χ0) is 19.5. The summed E-state index contributed by atoms with van der Waals surface area (Å²) in [7, 11) is 3.76. The maximum absolute atomic E-state index is 5.96. The minimum absolute atomic E-state index is 0.337. The van der Waals surface area contributed by atoms with E-state index in [9.17, 15) is 0 Å². The molecule has 1 saturated heterocycles. The van der Waals surface area contributed by atoms with Gasteiger partial charge in [0.25, 0.3) is 0 Å². The normalized spacial score (nSPS) is 23.4. The van der Waals surface area contributed by atoms with Crippen molar-refractivity contribution in [2.75, 3.05) is 26.8 Å². The summed E-state index contributed by atoms with van der Waals surface area (Å²) >= 11 is 0. The van der Waals surface area contributed by atoms with Crippen molar-refractivity contribution in [3.63, 3.8) is 0 Å². The summed E-state index contributed by atoms with van der Waals surface area (Å²) in [5.41, 5.74) is 5.92. The van der Waals surface area contributed by atoms with Gasteiger partial charge in [0.05, 0.1) is 20.3 Å². The molecule has 0 amide bonds. The number of piperidine rings is 1. The first-order chi connectivity index (χ1) is 13.6. The molecule has 0 atom stereocenters. The van der Waals surface area contributed by atoms with Crippen molar-refractivity contribution in [2.24, 2.45) is 18.7 Å². The molecule has 0 bridgehead atoms. The molecule has 2 fully saturated rings. The van der Waals surface area contributed by atoms with Crippen molar-refractivity contribution in [3.8, 4) is 11.5 Å². The Morgan fingerprint density at radius 3 is 2.39 bits per heavy atom. The predicted octanol–water partition coefficient (Wildman–Crippen LogP) is 2.32. The van der Waals surface area contributed by atoms with Crippen LogP contribution in [0.15, 0.2) is 24.3 Å². The highest BCUT2D eigenvalue weighted by atomic mass is 16.5. The molecule has 2 aliphatic rings. The molecule has 4 rings (SSSR count). The lowest BCUT2D eigenvalue weighted by molar-refractivity contribution is 0.133. The average Bonchev–Trinajstić information content (AvgIpc) is 3.05. The Kier molecular flexibility index (Phi) is 5.82. The van der Waals surface area contributed by atoms with Crippen LogP contribution in [0.5, 0.6) is 11.5 Å². The second-order valence-electron chi connectivity index (χ2n) is 8.17. The Balaban J connectivity index is 1.22. The minimum Gasteiger partial charge on any atom is -0.497 e. The first-order valence-corrected chi connectivity index (χ1v) is 10.3. The molecule has 2 N–H and O–H groups in total. The third-order valence-corrected chi connectivity index (χ3v) is 6.16. The fourth-order valence-corrected chi connectivity index (χ4v) is 4.14. The smallest absolute Gasteiger partial charge is 0.146 e. The van der Waals surface area contributed by atoms with E-state index in [-0.39, 0.29) is 0 Å². The molecule has 2 heterocycles. The number of hydrogen-bond acceptors (Lipinski definition) is 6. The fraction of sp³-hybridized carbons (Fsp3) is 0.619. The number of methoxy groups -OCH3 is 1. The zero-order valence-corrected chi connectivity index (χ0v) is 16.9. The number of nitrogens with two attached hydrogens (primary N) is 1. The Bertz CT molecular complexity index is 762. The molecule has 1 aliphatic heterocycles. The fourth-order valence-electron chi connectivity index (χ4n) is 4.14. The van der Waals surface area contributed by atoms with E-state index in [1.807, 2.05) is 24.3 Å². The van der Waals surface area contributed by atoms with E-state index in [1.165, 1.54) is 0 Å². The lowest BCUT2D eigenvalue weighted by Crippen LogP contribution is -2.37. The predicted molar refractivity (Wildman–Crippen MR) is 107 cm³/mol. The van der Waals surface area contributed by atoms with Crippen LogP contribution in [-0.2, 0) is 13.6 Å². The van der Waals surface area contributed by atoms with Crippen LogP contribution in [0.1, 0.15) is 43.3 Å². The Morgan fingerprint density at radius 2 is 1.75 bits per heavy atom. The van der Waals surface area contributed by atoms with E-state index in [4.69, 9.17) is 15.2 Å². The molecule has 0 radical (unpaired) electrons. The summed E-state index contributed by atoms with van der Waals surface area (Å²) in [6.45, 7) is 3.80. The molecule has 152 valence electrons. The number of rotatable bonds is 7. The minimum atomic E-state index is 0.337. The van der Waals surface area contributed by atoms with Gasteiger partial charge in [-0.05, 0) is 69.0 Å². The molecule has 7 heteroatoms. The number of nitrogens with zero attached hydrogens (tertiary/aromatic N) is 4. The quantitative estimate of drug-likeness (QED) is 0.788. The van der Waals surface area contributed by atoms with E-state index in [0.29, 0.717) is 17.9 Å². The second-order valence-corrected chi connectivity index (χ2v) is 8.17. The van der Waals surface area contributed by atoms with E-state index in [2.05, 4.69) is 26.7 Å². The van der Waals surface area contributed by atoms with Crippen molar-refractivity contribution in [1.82, 2.24) is 19.7 Å². The highest BCUT2D eigenvalue weighted by Crippen LogP contribution is 2.34. The van der Waals surface area contributed by atoms with E-state index >= 15 is 0 Å². The Hall–Kier alpha value is -2.12. The molecule has 28 heavy (non-hydrogen) atoms. The summed E-state index contributed by atoms with van der Waals surface area (Å²) in [5.74, 6) is 5.01. The van der Waals surface area contributed by atoms with Crippen LogP contribution in [0.4, 0.5) is 0 Å². The van der Waals surface area contributed by atoms with Gasteiger partial charge >= 0.3 is 0 Å². The van der Waals surface area contributed by atoms with Crippen molar-refractivity contribution < 1.29 is 9.47 Å². The van der Waals surface area contributed by atoms with Gasteiger partial charge < -0.3 is 19.8 Å². The summed E-state index contributed by atoms with van der Waals surface area (Å²) < 4.78 is 13.3. The van der Waals surface area contributed by atoms with Crippen molar-refractivity contribution in [3.05, 3.63) is 35.9 Å². The summed E-state index contributed by atoms with van der Waals surface area (Å²) in [6.07, 6.45) is 4.37. The first-order valence-electron chi connectivity index (χ1n) is 10.3. The number of benzene rings is 1. The molecule has 7 nitrogen and oxygen atoms in total. The second kappa shape index (κ2) is 8.49. The maximum atomic E-state index is 5.96. The Labute approximate surface area is 166 Å². The van der Waals surface area contributed by atoms with Crippen molar-refractivity contribution >= 4 is 0 Å². The van der Waals surface area contributed by atoms with Crippen molar-refractivity contribution in [2.45, 2.75) is 44.2 Å². The highest BCUT2D eigenvalue weighted by Gasteiger charge is 2.32. The van der Waals surface area contributed by atoms with Gasteiger partial charge in [-0.1, -0.05) is 0 Å². The largest absolute Gasteiger partial charge is 0.497 e. The SMILES string of the molecule is COc1ccc(OCC2CCN(Cc3nnc(C4CC(N)C4)n3C)CC2)cc1. The Morgan fingerprint density at radius 1 is 1.07 bits per heavy atom. The van der Waals surface area contributed by atoms with Gasteiger partial charge in [-0.3, -0.25) is 4.90 Å². The molecule has 0 spiro atoms. The molecular weight excluding hydrogens is 354 g/mol. The number of hydrogen-bond donors (Lipinski definition) is 1. The van der Waals surface area contributed by atoms with Crippen LogP contribution >= 0.6 is 0 Å². The van der Waals surface area contributed by atoms with E-state index in [1.54, 1.807) is 7.11 Å². The third kappa shape index (κ3) is 4.31. The van der Waals surface area contributed by atoms with Gasteiger partial charge in [0.2, 0.25) is 0 Å². The van der Waals surface area contributed by atoms with Crippen LogP contribution in [0, 0.1) is 5.92 Å². The lowest BCUT2D eigenvalue weighted by Gasteiger charge is -2.32. The third-order valence-electron chi connectivity index (χ3n) is 6.16. The van der Waals surface area contributed by atoms with E-state index in [0.717, 1.165) is 75.1 Å². The topological polar surface area (TPSA) is 78.4 Å². The number of ether oxygens (including phenoxy) is 2. The summed E-state index contributed by atoms with van der Waals surface area (Å²) in [4.78, 5) is 2.48. The molecule has 1 saturated carbocycles. The van der Waals surface area contributed by atoms with Gasteiger partial charge in [-0.15, -0.1) is 10.2 Å². The van der Waals surface area contributed by atoms with Gasteiger partial charge in [0, 0.05) is 19.0 Å². The lowest BCUT2D eigenvalue weighted by atomic mass is 9.80. The van der Waals surface area contributed by atoms with E-state index < -0.39 is 0 Å². The molecule has 1 aliphatic carbocycles. The standard InChI is InChI=1S/C21H31N5O2/c1-25-20(23-24-21(25)16-11-17(22)12-16)13-26-9-7-15(8-10-26)14-28-19-5-3-18(27-2)4-6-19/h3-6,15-17H,7-14,22H2,1-2H3. The molecule has 1 aromatic carbocycles. The van der Waals surface area contributed by atoms with Crippen LogP contribution in [0.2, 0.25) is 0 Å². The summed E-state index contributed by atoms with van der Waals surface area (Å²) in [5, 5.41) is 8.87. The van der Waals surface area contributed by atoms with Gasteiger partial charge in [0.15, 0.2) is 0 Å². The number of likely N-dealkylation sites (tertiary alicyclic amines) is 1.